The lowest BCUT2D eigenvalue weighted by molar-refractivity contribution is -0.225. The SMILES string of the molecule is C=CC[C@H]1OC[C@@H](OC(C)=O)[C@@H](OC(C)=O)[C@H]1OC(C)=O. The van der Waals surface area contributed by atoms with Crippen molar-refractivity contribution in [2.45, 2.75) is 51.6 Å². The third-order valence-corrected chi connectivity index (χ3v) is 2.85. The Morgan fingerprint density at radius 2 is 1.57 bits per heavy atom. The van der Waals surface area contributed by atoms with Crippen molar-refractivity contribution in [1.82, 2.24) is 0 Å². The van der Waals surface area contributed by atoms with E-state index in [0.717, 1.165) is 0 Å². The second-order valence-electron chi connectivity index (χ2n) is 4.69. The molecular formula is C14H20O7. The molecule has 118 valence electrons. The zero-order valence-electron chi connectivity index (χ0n) is 12.4. The highest BCUT2D eigenvalue weighted by Crippen LogP contribution is 2.26. The number of hydrogen-bond donors (Lipinski definition) is 0. The minimum Gasteiger partial charge on any atom is -0.456 e. The van der Waals surface area contributed by atoms with Gasteiger partial charge >= 0.3 is 17.9 Å². The summed E-state index contributed by atoms with van der Waals surface area (Å²) in [4.78, 5) is 33.7. The highest BCUT2D eigenvalue weighted by molar-refractivity contribution is 5.68. The van der Waals surface area contributed by atoms with Gasteiger partial charge in [-0.05, 0) is 6.42 Å². The second kappa shape index (κ2) is 7.78. The van der Waals surface area contributed by atoms with Crippen molar-refractivity contribution >= 4 is 17.9 Å². The first kappa shape index (κ1) is 17.2. The predicted molar refractivity (Wildman–Crippen MR) is 71.2 cm³/mol. The smallest absolute Gasteiger partial charge is 0.303 e. The van der Waals surface area contributed by atoms with E-state index in [9.17, 15) is 14.4 Å². The van der Waals surface area contributed by atoms with Crippen LogP contribution in [0.1, 0.15) is 27.2 Å². The van der Waals surface area contributed by atoms with Crippen molar-refractivity contribution in [3.05, 3.63) is 12.7 Å². The van der Waals surface area contributed by atoms with E-state index in [1.165, 1.54) is 20.8 Å². The van der Waals surface area contributed by atoms with Crippen LogP contribution >= 0.6 is 0 Å². The summed E-state index contributed by atoms with van der Waals surface area (Å²) in [6, 6.07) is 0. The monoisotopic (exact) mass is 300 g/mol. The van der Waals surface area contributed by atoms with Gasteiger partial charge in [0.15, 0.2) is 18.3 Å². The Bertz CT molecular complexity index is 418. The van der Waals surface area contributed by atoms with Crippen molar-refractivity contribution < 1.29 is 33.3 Å². The lowest BCUT2D eigenvalue weighted by Gasteiger charge is -2.40. The molecule has 1 aliphatic heterocycles. The topological polar surface area (TPSA) is 88.1 Å². The Kier molecular flexibility index (Phi) is 6.36. The minimum absolute atomic E-state index is 0.0494. The molecule has 7 nitrogen and oxygen atoms in total. The third-order valence-electron chi connectivity index (χ3n) is 2.85. The molecule has 1 fully saturated rings. The molecule has 1 aliphatic rings. The van der Waals surface area contributed by atoms with Gasteiger partial charge < -0.3 is 18.9 Å². The number of carbonyl (C=O) groups excluding carboxylic acids is 3. The van der Waals surface area contributed by atoms with E-state index in [2.05, 4.69) is 6.58 Å². The summed E-state index contributed by atoms with van der Waals surface area (Å²) in [6.45, 7) is 7.37. The Hall–Kier alpha value is -1.89. The number of esters is 3. The normalized spacial score (nSPS) is 28.3. The van der Waals surface area contributed by atoms with Crippen molar-refractivity contribution in [3.63, 3.8) is 0 Å². The lowest BCUT2D eigenvalue weighted by atomic mass is 9.97. The second-order valence-corrected chi connectivity index (χ2v) is 4.69. The van der Waals surface area contributed by atoms with Gasteiger partial charge in [-0.3, -0.25) is 14.4 Å². The minimum atomic E-state index is -0.908. The van der Waals surface area contributed by atoms with Crippen LogP contribution in [0.3, 0.4) is 0 Å². The van der Waals surface area contributed by atoms with Crippen LogP contribution in [0.5, 0.6) is 0 Å². The van der Waals surface area contributed by atoms with Crippen LogP contribution in [-0.4, -0.2) is 48.9 Å². The molecule has 0 unspecified atom stereocenters. The molecular weight excluding hydrogens is 280 g/mol. The fourth-order valence-corrected chi connectivity index (χ4v) is 2.18. The van der Waals surface area contributed by atoms with Gasteiger partial charge in [0.25, 0.3) is 0 Å². The molecule has 0 aromatic carbocycles. The maximum absolute atomic E-state index is 11.3. The maximum Gasteiger partial charge on any atom is 0.303 e. The molecule has 0 N–H and O–H groups in total. The van der Waals surface area contributed by atoms with Crippen LogP contribution in [0.4, 0.5) is 0 Å². The largest absolute Gasteiger partial charge is 0.456 e. The molecule has 21 heavy (non-hydrogen) atoms. The van der Waals surface area contributed by atoms with Gasteiger partial charge in [0.05, 0.1) is 6.61 Å². The molecule has 0 spiro atoms. The molecule has 0 aromatic rings. The molecule has 1 heterocycles. The first-order valence-electron chi connectivity index (χ1n) is 6.59. The van der Waals surface area contributed by atoms with Crippen LogP contribution in [0.2, 0.25) is 0 Å². The molecule has 0 saturated carbocycles. The molecule has 1 rings (SSSR count). The Labute approximate surface area is 123 Å². The summed E-state index contributed by atoms with van der Waals surface area (Å²) in [5, 5.41) is 0. The zero-order chi connectivity index (χ0) is 16.0. The van der Waals surface area contributed by atoms with Gasteiger partial charge in [0, 0.05) is 20.8 Å². The molecule has 0 amide bonds. The van der Waals surface area contributed by atoms with Gasteiger partial charge in [-0.15, -0.1) is 6.58 Å². The highest BCUT2D eigenvalue weighted by atomic mass is 16.6. The van der Waals surface area contributed by atoms with Crippen molar-refractivity contribution in [2.24, 2.45) is 0 Å². The molecule has 0 bridgehead atoms. The summed E-state index contributed by atoms with van der Waals surface area (Å²) >= 11 is 0. The fourth-order valence-electron chi connectivity index (χ4n) is 2.18. The van der Waals surface area contributed by atoms with E-state index < -0.39 is 42.3 Å². The van der Waals surface area contributed by atoms with Crippen molar-refractivity contribution in [3.8, 4) is 0 Å². The van der Waals surface area contributed by atoms with E-state index in [1.807, 2.05) is 0 Å². The van der Waals surface area contributed by atoms with Gasteiger partial charge in [-0.2, -0.15) is 0 Å². The molecule has 4 atom stereocenters. The van der Waals surface area contributed by atoms with Crippen LogP contribution in [0.25, 0.3) is 0 Å². The van der Waals surface area contributed by atoms with E-state index in [4.69, 9.17) is 18.9 Å². The number of ether oxygens (including phenoxy) is 4. The summed E-state index contributed by atoms with van der Waals surface area (Å²) in [7, 11) is 0. The third kappa shape index (κ3) is 5.18. The maximum atomic E-state index is 11.3. The first-order chi connectivity index (χ1) is 9.85. The van der Waals surface area contributed by atoms with Crippen LogP contribution in [0.15, 0.2) is 12.7 Å². The fraction of sp³-hybridized carbons (Fsp3) is 0.643. The molecule has 0 radical (unpaired) electrons. The standard InChI is InChI=1S/C14H20O7/c1-5-6-11-13(20-9(3)16)14(21-10(4)17)12(7-18-11)19-8(2)15/h5,11-14H,1,6-7H2,2-4H3/t11-,12-,13+,14-/m1/s1. The molecule has 0 aromatic heterocycles. The van der Waals surface area contributed by atoms with Gasteiger partial charge in [0.1, 0.15) is 6.10 Å². The van der Waals surface area contributed by atoms with Crippen molar-refractivity contribution in [2.75, 3.05) is 6.61 Å². The van der Waals surface area contributed by atoms with Gasteiger partial charge in [0.2, 0.25) is 0 Å². The van der Waals surface area contributed by atoms with Gasteiger partial charge in [-0.25, -0.2) is 0 Å². The van der Waals surface area contributed by atoms with Crippen LogP contribution < -0.4 is 0 Å². The Balaban J connectivity index is 2.99. The average molecular weight is 300 g/mol. The van der Waals surface area contributed by atoms with E-state index in [1.54, 1.807) is 6.08 Å². The summed E-state index contributed by atoms with van der Waals surface area (Å²) in [5.41, 5.74) is 0. The van der Waals surface area contributed by atoms with E-state index >= 15 is 0 Å². The number of hydrogen-bond acceptors (Lipinski definition) is 7. The Morgan fingerprint density at radius 3 is 2.05 bits per heavy atom. The number of rotatable bonds is 5. The first-order valence-corrected chi connectivity index (χ1v) is 6.59. The Morgan fingerprint density at radius 1 is 1.05 bits per heavy atom. The predicted octanol–water partition coefficient (Wildman–Crippen LogP) is 0.756. The average Bonchev–Trinajstić information content (AvgIpc) is 2.35. The zero-order valence-corrected chi connectivity index (χ0v) is 12.4. The van der Waals surface area contributed by atoms with E-state index in [-0.39, 0.29) is 6.61 Å². The summed E-state index contributed by atoms with van der Waals surface area (Å²) < 4.78 is 21.0. The summed E-state index contributed by atoms with van der Waals surface area (Å²) in [5.74, 6) is -1.64. The van der Waals surface area contributed by atoms with Crippen molar-refractivity contribution in [1.29, 1.82) is 0 Å². The molecule has 1 saturated heterocycles. The number of carbonyl (C=O) groups is 3. The van der Waals surface area contributed by atoms with Crippen LogP contribution in [-0.2, 0) is 33.3 Å². The molecule has 7 heteroatoms. The van der Waals surface area contributed by atoms with Gasteiger partial charge in [-0.1, -0.05) is 6.08 Å². The highest BCUT2D eigenvalue weighted by Gasteiger charge is 2.46. The lowest BCUT2D eigenvalue weighted by Crippen LogP contribution is -2.57. The van der Waals surface area contributed by atoms with Crippen LogP contribution in [0, 0.1) is 0 Å². The quantitative estimate of drug-likeness (QED) is 0.420. The summed E-state index contributed by atoms with van der Waals surface area (Å²) in [6.07, 6.45) is -1.09. The molecule has 0 aliphatic carbocycles. The van der Waals surface area contributed by atoms with E-state index in [0.29, 0.717) is 6.42 Å².